The molecule has 0 fully saturated rings. The van der Waals surface area contributed by atoms with Crippen LogP contribution in [0.5, 0.6) is 0 Å². The van der Waals surface area contributed by atoms with E-state index in [4.69, 9.17) is 0 Å². The molecule has 0 unspecified atom stereocenters. The first-order valence-corrected chi connectivity index (χ1v) is 5.83. The predicted molar refractivity (Wildman–Crippen MR) is 61.9 cm³/mol. The molecule has 0 aliphatic carbocycles. The van der Waals surface area contributed by atoms with Crippen LogP contribution in [0.2, 0.25) is 0 Å². The highest BCUT2D eigenvalue weighted by Crippen LogP contribution is 2.21. The minimum atomic E-state index is 0.313. The number of Topliss-reactive ketones (excluding diaryl/α,β-unsaturated/α-hetero) is 1. The average molecular weight is 208 g/mol. The van der Waals surface area contributed by atoms with Gasteiger partial charge in [0.05, 0.1) is 5.75 Å². The molecule has 0 saturated carbocycles. The van der Waals surface area contributed by atoms with Crippen LogP contribution in [0.25, 0.3) is 0 Å². The fourth-order valence-corrected chi connectivity index (χ4v) is 2.03. The van der Waals surface area contributed by atoms with Crippen LogP contribution in [0.3, 0.4) is 0 Å². The van der Waals surface area contributed by atoms with E-state index in [0.29, 0.717) is 18.0 Å². The van der Waals surface area contributed by atoms with Gasteiger partial charge in [-0.3, -0.25) is 4.79 Å². The monoisotopic (exact) mass is 208 g/mol. The molecule has 14 heavy (non-hydrogen) atoms. The van der Waals surface area contributed by atoms with Crippen molar-refractivity contribution in [2.45, 2.75) is 32.1 Å². The second-order valence-corrected chi connectivity index (χ2v) is 4.48. The molecule has 0 aromatic heterocycles. The van der Waals surface area contributed by atoms with Crippen molar-refractivity contribution < 1.29 is 4.79 Å². The van der Waals surface area contributed by atoms with Gasteiger partial charge in [0, 0.05) is 11.3 Å². The van der Waals surface area contributed by atoms with E-state index in [2.05, 4.69) is 32.0 Å². The number of hydrogen-bond acceptors (Lipinski definition) is 2. The number of thioether (sulfide) groups is 1. The summed E-state index contributed by atoms with van der Waals surface area (Å²) in [4.78, 5) is 12.3. The molecule has 0 radical (unpaired) electrons. The minimum Gasteiger partial charge on any atom is -0.299 e. The quantitative estimate of drug-likeness (QED) is 0.706. The third-order valence-corrected chi connectivity index (χ3v) is 3.33. The maximum Gasteiger partial charge on any atom is 0.142 e. The van der Waals surface area contributed by atoms with E-state index in [0.717, 1.165) is 0 Å². The van der Waals surface area contributed by atoms with Gasteiger partial charge in [0.15, 0.2) is 0 Å². The highest BCUT2D eigenvalue weighted by molar-refractivity contribution is 8.00. The van der Waals surface area contributed by atoms with Crippen molar-refractivity contribution >= 4 is 17.5 Å². The Hall–Kier alpha value is -0.760. The topological polar surface area (TPSA) is 17.1 Å². The lowest BCUT2D eigenvalue weighted by molar-refractivity contribution is -0.116. The Morgan fingerprint density at radius 3 is 2.57 bits per heavy atom. The van der Waals surface area contributed by atoms with Crippen LogP contribution < -0.4 is 0 Å². The number of ketones is 1. The van der Waals surface area contributed by atoms with E-state index < -0.39 is 0 Å². The van der Waals surface area contributed by atoms with Crippen LogP contribution in [0.4, 0.5) is 0 Å². The fourth-order valence-electron chi connectivity index (χ4n) is 1.07. The second kappa shape index (κ2) is 5.20. The standard InChI is InChI=1S/C12H16OS/c1-4-11(13)8-14-12-6-5-9(2)10(3)7-12/h5-7H,4,8H2,1-3H3. The zero-order valence-electron chi connectivity index (χ0n) is 8.96. The van der Waals surface area contributed by atoms with Gasteiger partial charge in [-0.1, -0.05) is 13.0 Å². The zero-order valence-corrected chi connectivity index (χ0v) is 9.78. The summed E-state index contributed by atoms with van der Waals surface area (Å²) in [5, 5.41) is 0. The normalized spacial score (nSPS) is 10.2. The molecule has 0 N–H and O–H groups in total. The van der Waals surface area contributed by atoms with Gasteiger partial charge in [-0.05, 0) is 37.1 Å². The van der Waals surface area contributed by atoms with E-state index in [1.807, 2.05) is 6.92 Å². The molecule has 0 bridgehead atoms. The number of hydrogen-bond donors (Lipinski definition) is 0. The van der Waals surface area contributed by atoms with E-state index >= 15 is 0 Å². The number of carbonyl (C=O) groups excluding carboxylic acids is 1. The molecule has 0 amide bonds. The van der Waals surface area contributed by atoms with E-state index in [-0.39, 0.29) is 0 Å². The molecule has 2 heteroatoms. The highest BCUT2D eigenvalue weighted by atomic mass is 32.2. The van der Waals surface area contributed by atoms with Crippen LogP contribution in [0.15, 0.2) is 23.1 Å². The van der Waals surface area contributed by atoms with Gasteiger partial charge in [0.1, 0.15) is 5.78 Å². The van der Waals surface area contributed by atoms with Gasteiger partial charge in [0.2, 0.25) is 0 Å². The maximum absolute atomic E-state index is 11.1. The molecule has 76 valence electrons. The Balaban J connectivity index is 2.60. The van der Waals surface area contributed by atoms with Crippen molar-refractivity contribution in [3.8, 4) is 0 Å². The van der Waals surface area contributed by atoms with Crippen LogP contribution in [-0.2, 0) is 4.79 Å². The van der Waals surface area contributed by atoms with Crippen LogP contribution in [0, 0.1) is 13.8 Å². The molecule has 0 aliphatic rings. The van der Waals surface area contributed by atoms with E-state index in [1.165, 1.54) is 16.0 Å². The summed E-state index contributed by atoms with van der Waals surface area (Å²) in [7, 11) is 0. The molecule has 1 nitrogen and oxygen atoms in total. The van der Waals surface area contributed by atoms with Crippen molar-refractivity contribution in [1.82, 2.24) is 0 Å². The zero-order chi connectivity index (χ0) is 10.6. The van der Waals surface area contributed by atoms with Gasteiger partial charge >= 0.3 is 0 Å². The Kier molecular flexibility index (Phi) is 4.21. The summed E-state index contributed by atoms with van der Waals surface area (Å²) in [6.07, 6.45) is 0.637. The summed E-state index contributed by atoms with van der Waals surface area (Å²) < 4.78 is 0. The first-order valence-electron chi connectivity index (χ1n) is 4.85. The predicted octanol–water partition coefficient (Wildman–Crippen LogP) is 3.37. The first-order chi connectivity index (χ1) is 6.63. The number of aryl methyl sites for hydroxylation is 2. The first kappa shape index (κ1) is 11.3. The lowest BCUT2D eigenvalue weighted by atomic mass is 10.1. The molecule has 1 rings (SSSR count). The van der Waals surface area contributed by atoms with Crippen LogP contribution >= 0.6 is 11.8 Å². The van der Waals surface area contributed by atoms with Gasteiger partial charge in [-0.15, -0.1) is 11.8 Å². The molecule has 0 spiro atoms. The number of benzene rings is 1. The Labute approximate surface area is 89.9 Å². The second-order valence-electron chi connectivity index (χ2n) is 3.43. The summed E-state index contributed by atoms with van der Waals surface area (Å²) in [6, 6.07) is 6.33. The average Bonchev–Trinajstić information content (AvgIpc) is 2.19. The molecule has 0 saturated heterocycles. The Morgan fingerprint density at radius 1 is 1.29 bits per heavy atom. The number of rotatable bonds is 4. The van der Waals surface area contributed by atoms with E-state index in [9.17, 15) is 4.79 Å². The molecule has 1 aromatic carbocycles. The van der Waals surface area contributed by atoms with Gasteiger partial charge in [-0.2, -0.15) is 0 Å². The summed E-state index contributed by atoms with van der Waals surface area (Å²) in [6.45, 7) is 6.10. The minimum absolute atomic E-state index is 0.313. The summed E-state index contributed by atoms with van der Waals surface area (Å²) >= 11 is 1.63. The lowest BCUT2D eigenvalue weighted by Gasteiger charge is -2.03. The van der Waals surface area contributed by atoms with Crippen molar-refractivity contribution in [1.29, 1.82) is 0 Å². The van der Waals surface area contributed by atoms with Crippen molar-refractivity contribution in [2.24, 2.45) is 0 Å². The molecular formula is C12H16OS. The smallest absolute Gasteiger partial charge is 0.142 e. The molecule has 0 atom stereocenters. The van der Waals surface area contributed by atoms with Crippen LogP contribution in [0.1, 0.15) is 24.5 Å². The lowest BCUT2D eigenvalue weighted by Crippen LogP contribution is -1.97. The van der Waals surface area contributed by atoms with Gasteiger partial charge < -0.3 is 0 Å². The van der Waals surface area contributed by atoms with Crippen molar-refractivity contribution in [3.05, 3.63) is 29.3 Å². The Morgan fingerprint density at radius 2 is 2.00 bits per heavy atom. The van der Waals surface area contributed by atoms with Crippen LogP contribution in [-0.4, -0.2) is 11.5 Å². The van der Waals surface area contributed by atoms with Crippen molar-refractivity contribution in [2.75, 3.05) is 5.75 Å². The number of carbonyl (C=O) groups is 1. The third kappa shape index (κ3) is 3.18. The van der Waals surface area contributed by atoms with E-state index in [1.54, 1.807) is 11.8 Å². The third-order valence-electron chi connectivity index (χ3n) is 2.27. The Bertz CT molecular complexity index is 331. The van der Waals surface area contributed by atoms with Gasteiger partial charge in [-0.25, -0.2) is 0 Å². The van der Waals surface area contributed by atoms with Crippen molar-refractivity contribution in [3.63, 3.8) is 0 Å². The fraction of sp³-hybridized carbons (Fsp3) is 0.417. The molecule has 0 aliphatic heterocycles. The molecule has 1 aromatic rings. The summed E-state index contributed by atoms with van der Waals surface area (Å²) in [5.74, 6) is 0.909. The molecule has 0 heterocycles. The molecular weight excluding hydrogens is 192 g/mol. The SMILES string of the molecule is CCC(=O)CSc1ccc(C)c(C)c1. The van der Waals surface area contributed by atoms with Gasteiger partial charge in [0.25, 0.3) is 0 Å². The summed E-state index contributed by atoms with van der Waals surface area (Å²) in [5.41, 5.74) is 2.59. The maximum atomic E-state index is 11.1. The largest absolute Gasteiger partial charge is 0.299 e. The highest BCUT2D eigenvalue weighted by Gasteiger charge is 2.01.